The number of piperazine rings is 1. The maximum absolute atomic E-state index is 8.51. The van der Waals surface area contributed by atoms with Gasteiger partial charge in [0.15, 0.2) is 0 Å². The molecule has 0 spiro atoms. The molecule has 1 aliphatic rings. The second-order valence-electron chi connectivity index (χ2n) is 4.58. The first-order valence-corrected chi connectivity index (χ1v) is 6.36. The summed E-state index contributed by atoms with van der Waals surface area (Å²) in [6.07, 6.45) is 3.15. The summed E-state index contributed by atoms with van der Waals surface area (Å²) in [6, 6.07) is 1.99. The lowest BCUT2D eigenvalue weighted by Gasteiger charge is -2.35. The van der Waals surface area contributed by atoms with Crippen molar-refractivity contribution in [2.45, 2.75) is 13.8 Å². The van der Waals surface area contributed by atoms with Crippen LogP contribution in [-0.4, -0.2) is 54.0 Å². The summed E-state index contributed by atoms with van der Waals surface area (Å²) in [5.74, 6) is 1.04. The Balaban J connectivity index is 2.10. The third-order valence-corrected chi connectivity index (χ3v) is 3.40. The summed E-state index contributed by atoms with van der Waals surface area (Å²) >= 11 is 0. The molecule has 5 nitrogen and oxygen atoms in total. The second-order valence-corrected chi connectivity index (χ2v) is 4.58. The van der Waals surface area contributed by atoms with Gasteiger partial charge in [0.1, 0.15) is 5.82 Å². The van der Waals surface area contributed by atoms with Gasteiger partial charge in [0.2, 0.25) is 0 Å². The van der Waals surface area contributed by atoms with E-state index in [4.69, 9.17) is 5.21 Å². The average Bonchev–Trinajstić information content (AvgIpc) is 2.40. The Kier molecular flexibility index (Phi) is 4.15. The van der Waals surface area contributed by atoms with Gasteiger partial charge in [0.25, 0.3) is 0 Å². The van der Waals surface area contributed by atoms with Gasteiger partial charge in [-0.05, 0) is 25.1 Å². The minimum atomic E-state index is 0.825. The van der Waals surface area contributed by atoms with E-state index in [0.717, 1.165) is 49.7 Å². The predicted molar refractivity (Wildman–Crippen MR) is 72.7 cm³/mol. The van der Waals surface area contributed by atoms with Crippen LogP contribution in [0.3, 0.4) is 0 Å². The van der Waals surface area contributed by atoms with Gasteiger partial charge in [-0.2, -0.15) is 0 Å². The lowest BCUT2D eigenvalue weighted by Crippen LogP contribution is -2.46. The molecule has 1 N–H and O–H groups in total. The van der Waals surface area contributed by atoms with Crippen molar-refractivity contribution in [1.82, 2.24) is 9.88 Å². The van der Waals surface area contributed by atoms with Crippen LogP contribution in [0.2, 0.25) is 0 Å². The van der Waals surface area contributed by atoms with E-state index in [0.29, 0.717) is 0 Å². The van der Waals surface area contributed by atoms with Gasteiger partial charge in [-0.1, -0.05) is 12.1 Å². The van der Waals surface area contributed by atoms with Crippen LogP contribution in [-0.2, 0) is 0 Å². The zero-order valence-electron chi connectivity index (χ0n) is 11.0. The highest BCUT2D eigenvalue weighted by atomic mass is 16.4. The van der Waals surface area contributed by atoms with Crippen LogP contribution in [0, 0.1) is 6.92 Å². The number of nitrogens with zero attached hydrogens (tertiary/aromatic N) is 4. The van der Waals surface area contributed by atoms with E-state index in [1.807, 2.05) is 13.0 Å². The first kappa shape index (κ1) is 12.8. The number of pyridine rings is 1. The van der Waals surface area contributed by atoms with Crippen LogP contribution in [0.5, 0.6) is 0 Å². The molecule has 2 rings (SSSR count). The standard InChI is InChI=1S/C13H20N4O/c1-3-16-4-6-17(7-5-16)13-11(2)8-12(9-14-13)10-15-18/h8-10,18H,3-7H2,1-2H3/b15-10-. The zero-order valence-corrected chi connectivity index (χ0v) is 11.0. The fourth-order valence-electron chi connectivity index (χ4n) is 2.33. The Bertz CT molecular complexity index is 425. The van der Waals surface area contributed by atoms with Gasteiger partial charge in [-0.3, -0.25) is 0 Å². The predicted octanol–water partition coefficient (Wildman–Crippen LogP) is 1.34. The van der Waals surface area contributed by atoms with E-state index in [-0.39, 0.29) is 0 Å². The Morgan fingerprint density at radius 3 is 2.67 bits per heavy atom. The number of rotatable bonds is 3. The largest absolute Gasteiger partial charge is 0.411 e. The van der Waals surface area contributed by atoms with Crippen molar-refractivity contribution in [1.29, 1.82) is 0 Å². The zero-order chi connectivity index (χ0) is 13.0. The van der Waals surface area contributed by atoms with Gasteiger partial charge in [-0.25, -0.2) is 4.98 Å². The molecule has 1 fully saturated rings. The van der Waals surface area contributed by atoms with Crippen LogP contribution in [0.15, 0.2) is 17.4 Å². The topological polar surface area (TPSA) is 52.0 Å². The molecule has 1 saturated heterocycles. The number of aromatic nitrogens is 1. The van der Waals surface area contributed by atoms with E-state index in [9.17, 15) is 0 Å². The SMILES string of the molecule is CCN1CCN(c2ncc(/C=N\O)cc2C)CC1. The second kappa shape index (κ2) is 5.82. The first-order valence-electron chi connectivity index (χ1n) is 6.36. The molecule has 0 unspecified atom stereocenters. The molecule has 0 aromatic carbocycles. The summed E-state index contributed by atoms with van der Waals surface area (Å²) in [5, 5.41) is 11.5. The van der Waals surface area contributed by atoms with E-state index in [1.54, 1.807) is 6.20 Å². The number of likely N-dealkylation sites (N-methyl/N-ethyl adjacent to an activating group) is 1. The van der Waals surface area contributed by atoms with E-state index >= 15 is 0 Å². The van der Waals surface area contributed by atoms with Crippen LogP contribution < -0.4 is 4.90 Å². The van der Waals surface area contributed by atoms with Crippen LogP contribution in [0.25, 0.3) is 0 Å². The number of hydrogen-bond acceptors (Lipinski definition) is 5. The van der Waals surface area contributed by atoms with Gasteiger partial charge in [-0.15, -0.1) is 0 Å². The lowest BCUT2D eigenvalue weighted by atomic mass is 10.2. The minimum absolute atomic E-state index is 0.825. The van der Waals surface area contributed by atoms with Crippen molar-refractivity contribution in [3.05, 3.63) is 23.4 Å². The van der Waals surface area contributed by atoms with Gasteiger partial charge in [0.05, 0.1) is 6.21 Å². The molecule has 1 aliphatic heterocycles. The van der Waals surface area contributed by atoms with E-state index in [2.05, 4.69) is 26.9 Å². The molecule has 98 valence electrons. The molecule has 0 amide bonds. The van der Waals surface area contributed by atoms with Crippen LogP contribution >= 0.6 is 0 Å². The molecule has 0 bridgehead atoms. The quantitative estimate of drug-likeness (QED) is 0.498. The minimum Gasteiger partial charge on any atom is -0.411 e. The van der Waals surface area contributed by atoms with Crippen molar-refractivity contribution in [2.75, 3.05) is 37.6 Å². The van der Waals surface area contributed by atoms with Crippen molar-refractivity contribution in [3.8, 4) is 0 Å². The van der Waals surface area contributed by atoms with Gasteiger partial charge in [0, 0.05) is 37.9 Å². The maximum atomic E-state index is 8.51. The molecule has 5 heteroatoms. The van der Waals surface area contributed by atoms with Crippen LogP contribution in [0.4, 0.5) is 5.82 Å². The highest BCUT2D eigenvalue weighted by molar-refractivity contribution is 5.79. The maximum Gasteiger partial charge on any atom is 0.131 e. The molecule has 2 heterocycles. The molecule has 0 radical (unpaired) electrons. The third-order valence-electron chi connectivity index (χ3n) is 3.40. The van der Waals surface area contributed by atoms with Gasteiger partial charge < -0.3 is 15.0 Å². The monoisotopic (exact) mass is 248 g/mol. The van der Waals surface area contributed by atoms with Crippen molar-refractivity contribution in [2.24, 2.45) is 5.16 Å². The fraction of sp³-hybridized carbons (Fsp3) is 0.538. The molecular weight excluding hydrogens is 228 g/mol. The number of anilines is 1. The summed E-state index contributed by atoms with van der Waals surface area (Å²) in [6.45, 7) is 9.59. The number of hydrogen-bond donors (Lipinski definition) is 1. The lowest BCUT2D eigenvalue weighted by molar-refractivity contribution is 0.270. The first-order chi connectivity index (χ1) is 8.74. The molecule has 0 aliphatic carbocycles. The Morgan fingerprint density at radius 1 is 1.39 bits per heavy atom. The Morgan fingerprint density at radius 2 is 2.11 bits per heavy atom. The van der Waals surface area contributed by atoms with E-state index in [1.165, 1.54) is 6.21 Å². The van der Waals surface area contributed by atoms with Crippen molar-refractivity contribution < 1.29 is 5.21 Å². The summed E-state index contributed by atoms with van der Waals surface area (Å²) in [4.78, 5) is 9.24. The van der Waals surface area contributed by atoms with Crippen molar-refractivity contribution >= 4 is 12.0 Å². The average molecular weight is 248 g/mol. The summed E-state index contributed by atoms with van der Waals surface area (Å²) in [7, 11) is 0. The van der Waals surface area contributed by atoms with Crippen molar-refractivity contribution in [3.63, 3.8) is 0 Å². The van der Waals surface area contributed by atoms with Gasteiger partial charge >= 0.3 is 0 Å². The molecule has 0 saturated carbocycles. The fourth-order valence-corrected chi connectivity index (χ4v) is 2.33. The molecular formula is C13H20N4O. The van der Waals surface area contributed by atoms with Crippen LogP contribution in [0.1, 0.15) is 18.1 Å². The number of aryl methyl sites for hydroxylation is 1. The molecule has 0 atom stereocenters. The van der Waals surface area contributed by atoms with E-state index < -0.39 is 0 Å². The summed E-state index contributed by atoms with van der Waals surface area (Å²) < 4.78 is 0. The third kappa shape index (κ3) is 2.79. The highest BCUT2D eigenvalue weighted by Gasteiger charge is 2.18. The normalized spacial score (nSPS) is 17.6. The molecule has 18 heavy (non-hydrogen) atoms. The molecule has 1 aromatic rings. The Hall–Kier alpha value is -1.62. The smallest absolute Gasteiger partial charge is 0.131 e. The highest BCUT2D eigenvalue weighted by Crippen LogP contribution is 2.19. The Labute approximate surface area is 108 Å². The number of oxime groups is 1. The summed E-state index contributed by atoms with van der Waals surface area (Å²) in [5.41, 5.74) is 1.95. The molecule has 1 aromatic heterocycles.